The Hall–Kier alpha value is -0.380. The predicted molar refractivity (Wildman–Crippen MR) is 73.0 cm³/mol. The van der Waals surface area contributed by atoms with E-state index in [0.29, 0.717) is 36.3 Å². The highest BCUT2D eigenvalue weighted by molar-refractivity contribution is 7.86. The van der Waals surface area contributed by atoms with Crippen LogP contribution in [0.2, 0.25) is 0 Å². The molecule has 1 aliphatic heterocycles. The Kier molecular flexibility index (Phi) is 5.17. The van der Waals surface area contributed by atoms with Gasteiger partial charge in [0.15, 0.2) is 0 Å². The van der Waals surface area contributed by atoms with Gasteiger partial charge in [0.1, 0.15) is 6.54 Å². The van der Waals surface area contributed by atoms with Gasteiger partial charge in [0.05, 0.1) is 0 Å². The standard InChI is InChI=1S/C12H22F3N3O2S/c1-17(9-12(13,14)15)21(19,20)18-7-3-2-4-11(18)8-16-10-5-6-10/h10-11,16H,2-9H2,1H3. The van der Waals surface area contributed by atoms with Crippen molar-refractivity contribution in [3.8, 4) is 0 Å². The van der Waals surface area contributed by atoms with E-state index in [0.717, 1.165) is 26.3 Å². The van der Waals surface area contributed by atoms with Gasteiger partial charge >= 0.3 is 6.18 Å². The molecule has 1 saturated carbocycles. The lowest BCUT2D eigenvalue weighted by molar-refractivity contribution is -0.134. The number of hydrogen-bond donors (Lipinski definition) is 1. The molecule has 5 nitrogen and oxygen atoms in total. The summed E-state index contributed by atoms with van der Waals surface area (Å²) < 4.78 is 63.6. The molecule has 2 rings (SSSR count). The molecule has 0 spiro atoms. The third-order valence-corrected chi connectivity index (χ3v) is 5.88. The lowest BCUT2D eigenvalue weighted by Gasteiger charge is -2.37. The Labute approximate surface area is 123 Å². The summed E-state index contributed by atoms with van der Waals surface area (Å²) in [4.78, 5) is 0. The fourth-order valence-electron chi connectivity index (χ4n) is 2.59. The minimum absolute atomic E-state index is 0.250. The first kappa shape index (κ1) is 17.0. The van der Waals surface area contributed by atoms with Crippen molar-refractivity contribution in [3.63, 3.8) is 0 Å². The zero-order valence-electron chi connectivity index (χ0n) is 12.1. The van der Waals surface area contributed by atoms with Crippen LogP contribution in [-0.2, 0) is 10.2 Å². The quantitative estimate of drug-likeness (QED) is 0.800. The van der Waals surface area contributed by atoms with Gasteiger partial charge < -0.3 is 5.32 Å². The van der Waals surface area contributed by atoms with Crippen LogP contribution >= 0.6 is 0 Å². The van der Waals surface area contributed by atoms with Crippen molar-refractivity contribution in [2.24, 2.45) is 0 Å². The molecule has 1 saturated heterocycles. The van der Waals surface area contributed by atoms with E-state index in [1.165, 1.54) is 4.31 Å². The third kappa shape index (κ3) is 4.80. The summed E-state index contributed by atoms with van der Waals surface area (Å²) in [5.74, 6) is 0. The van der Waals surface area contributed by atoms with Crippen LogP contribution in [-0.4, -0.2) is 62.0 Å². The van der Waals surface area contributed by atoms with E-state index in [2.05, 4.69) is 5.32 Å². The molecule has 21 heavy (non-hydrogen) atoms. The van der Waals surface area contributed by atoms with Gasteiger partial charge in [-0.25, -0.2) is 0 Å². The Morgan fingerprint density at radius 3 is 2.48 bits per heavy atom. The van der Waals surface area contributed by atoms with E-state index in [9.17, 15) is 21.6 Å². The number of nitrogens with one attached hydrogen (secondary N) is 1. The number of rotatable bonds is 6. The monoisotopic (exact) mass is 329 g/mol. The van der Waals surface area contributed by atoms with E-state index in [1.807, 2.05) is 0 Å². The Morgan fingerprint density at radius 1 is 1.24 bits per heavy atom. The van der Waals surface area contributed by atoms with Crippen LogP contribution < -0.4 is 5.32 Å². The maximum absolute atomic E-state index is 12.4. The number of halogens is 3. The summed E-state index contributed by atoms with van der Waals surface area (Å²) in [6.07, 6.45) is -0.0515. The molecule has 2 aliphatic rings. The van der Waals surface area contributed by atoms with Gasteiger partial charge in [-0.2, -0.15) is 30.2 Å². The molecule has 1 heterocycles. The second-order valence-electron chi connectivity index (χ2n) is 5.82. The molecule has 1 atom stereocenters. The van der Waals surface area contributed by atoms with Gasteiger partial charge in [-0.3, -0.25) is 0 Å². The van der Waals surface area contributed by atoms with Crippen molar-refractivity contribution < 1.29 is 21.6 Å². The molecule has 0 radical (unpaired) electrons. The first-order valence-electron chi connectivity index (χ1n) is 7.23. The van der Waals surface area contributed by atoms with E-state index < -0.39 is 22.9 Å². The second-order valence-corrected chi connectivity index (χ2v) is 7.81. The van der Waals surface area contributed by atoms with Crippen molar-refractivity contribution in [3.05, 3.63) is 0 Å². The largest absolute Gasteiger partial charge is 0.402 e. The molecule has 1 N–H and O–H groups in total. The topological polar surface area (TPSA) is 52.7 Å². The summed E-state index contributed by atoms with van der Waals surface area (Å²) >= 11 is 0. The molecule has 0 bridgehead atoms. The normalized spacial score (nSPS) is 25.5. The van der Waals surface area contributed by atoms with E-state index in [4.69, 9.17) is 0 Å². The van der Waals surface area contributed by atoms with E-state index >= 15 is 0 Å². The first-order chi connectivity index (χ1) is 9.70. The van der Waals surface area contributed by atoms with Crippen molar-refractivity contribution in [1.29, 1.82) is 0 Å². The predicted octanol–water partition coefficient (Wildman–Crippen LogP) is 1.33. The Bertz CT molecular complexity index is 451. The van der Waals surface area contributed by atoms with Crippen molar-refractivity contribution in [2.45, 2.75) is 50.4 Å². The number of alkyl halides is 3. The van der Waals surface area contributed by atoms with Gasteiger partial charge in [-0.05, 0) is 25.7 Å². The smallest absolute Gasteiger partial charge is 0.312 e. The van der Waals surface area contributed by atoms with Crippen LogP contribution in [0, 0.1) is 0 Å². The SMILES string of the molecule is CN(CC(F)(F)F)S(=O)(=O)N1CCCCC1CNC1CC1. The van der Waals surface area contributed by atoms with Crippen LogP contribution in [0.4, 0.5) is 13.2 Å². The highest BCUT2D eigenvalue weighted by Crippen LogP contribution is 2.25. The van der Waals surface area contributed by atoms with Crippen molar-refractivity contribution in [2.75, 3.05) is 26.7 Å². The van der Waals surface area contributed by atoms with Crippen LogP contribution in [0.1, 0.15) is 32.1 Å². The van der Waals surface area contributed by atoms with Gasteiger partial charge in [-0.1, -0.05) is 6.42 Å². The van der Waals surface area contributed by atoms with E-state index in [1.54, 1.807) is 0 Å². The van der Waals surface area contributed by atoms with Crippen LogP contribution in [0.3, 0.4) is 0 Å². The van der Waals surface area contributed by atoms with Crippen LogP contribution in [0.5, 0.6) is 0 Å². The zero-order valence-corrected chi connectivity index (χ0v) is 12.9. The molecule has 0 amide bonds. The maximum Gasteiger partial charge on any atom is 0.402 e. The third-order valence-electron chi connectivity index (χ3n) is 3.88. The molecule has 0 aromatic heterocycles. The lowest BCUT2D eigenvalue weighted by Crippen LogP contribution is -2.54. The zero-order chi connectivity index (χ0) is 15.7. The maximum atomic E-state index is 12.4. The molecular formula is C12H22F3N3O2S. The summed E-state index contributed by atoms with van der Waals surface area (Å²) in [7, 11) is -3.08. The van der Waals surface area contributed by atoms with Gasteiger partial charge in [0.25, 0.3) is 10.2 Å². The van der Waals surface area contributed by atoms with Crippen molar-refractivity contribution >= 4 is 10.2 Å². The van der Waals surface area contributed by atoms with Gasteiger partial charge in [0.2, 0.25) is 0 Å². The molecular weight excluding hydrogens is 307 g/mol. The second kappa shape index (κ2) is 6.39. The average molecular weight is 329 g/mol. The van der Waals surface area contributed by atoms with Crippen LogP contribution in [0.25, 0.3) is 0 Å². The summed E-state index contributed by atoms with van der Waals surface area (Å²) in [6, 6.07) is 0.199. The van der Waals surface area contributed by atoms with Crippen molar-refractivity contribution in [1.82, 2.24) is 13.9 Å². The Balaban J connectivity index is 2.03. The molecule has 9 heteroatoms. The first-order valence-corrected chi connectivity index (χ1v) is 8.63. The summed E-state index contributed by atoms with van der Waals surface area (Å²) in [5.41, 5.74) is 0. The van der Waals surface area contributed by atoms with Gasteiger partial charge in [0, 0.05) is 32.2 Å². The molecule has 0 aromatic carbocycles. The minimum atomic E-state index is -4.53. The summed E-state index contributed by atoms with van der Waals surface area (Å²) in [6.45, 7) is -0.639. The molecule has 124 valence electrons. The number of piperidine rings is 1. The van der Waals surface area contributed by atoms with Crippen LogP contribution in [0.15, 0.2) is 0 Å². The molecule has 1 aliphatic carbocycles. The number of hydrogen-bond acceptors (Lipinski definition) is 3. The van der Waals surface area contributed by atoms with E-state index in [-0.39, 0.29) is 6.04 Å². The minimum Gasteiger partial charge on any atom is -0.312 e. The molecule has 1 unspecified atom stereocenters. The average Bonchev–Trinajstić information content (AvgIpc) is 3.18. The Morgan fingerprint density at radius 2 is 1.90 bits per heavy atom. The summed E-state index contributed by atoms with van der Waals surface area (Å²) in [5, 5.41) is 3.27. The fraction of sp³-hybridized carbons (Fsp3) is 1.00. The molecule has 2 fully saturated rings. The highest BCUT2D eigenvalue weighted by atomic mass is 32.2. The fourth-order valence-corrected chi connectivity index (χ4v) is 4.17. The van der Waals surface area contributed by atoms with Gasteiger partial charge in [-0.15, -0.1) is 0 Å². The molecule has 0 aromatic rings. The highest BCUT2D eigenvalue weighted by Gasteiger charge is 2.40. The lowest BCUT2D eigenvalue weighted by atomic mass is 10.1. The number of nitrogens with zero attached hydrogens (tertiary/aromatic N) is 2.